The maximum absolute atomic E-state index is 9.75. The van der Waals surface area contributed by atoms with Crippen molar-refractivity contribution < 1.29 is 10.2 Å². The summed E-state index contributed by atoms with van der Waals surface area (Å²) >= 11 is 3.27. The molecule has 2 aromatic rings. The average Bonchev–Trinajstić information content (AvgIpc) is 2.35. The fourth-order valence-corrected chi connectivity index (χ4v) is 1.91. The molecule has 1 aromatic heterocycles. The van der Waals surface area contributed by atoms with E-state index in [-0.39, 0.29) is 17.5 Å². The van der Waals surface area contributed by atoms with E-state index < -0.39 is 0 Å². The molecular formula is C13H13BrN2O2. The Kier molecular flexibility index (Phi) is 3.72. The third-order valence-corrected chi connectivity index (χ3v) is 3.06. The van der Waals surface area contributed by atoms with Crippen LogP contribution in [-0.4, -0.2) is 15.2 Å². The second kappa shape index (κ2) is 5.27. The molecule has 5 heteroatoms. The number of halogens is 1. The zero-order valence-electron chi connectivity index (χ0n) is 9.76. The van der Waals surface area contributed by atoms with Gasteiger partial charge in [-0.25, -0.2) is 4.98 Å². The molecule has 0 saturated carbocycles. The van der Waals surface area contributed by atoms with Gasteiger partial charge in [0.1, 0.15) is 16.1 Å². The molecule has 1 heterocycles. The molecule has 94 valence electrons. The van der Waals surface area contributed by atoms with Crippen molar-refractivity contribution in [1.82, 2.24) is 4.98 Å². The van der Waals surface area contributed by atoms with Crippen molar-refractivity contribution in [3.63, 3.8) is 0 Å². The van der Waals surface area contributed by atoms with Gasteiger partial charge in [-0.2, -0.15) is 0 Å². The zero-order chi connectivity index (χ0) is 13.1. The van der Waals surface area contributed by atoms with E-state index in [2.05, 4.69) is 26.2 Å². The van der Waals surface area contributed by atoms with E-state index in [0.29, 0.717) is 5.56 Å². The standard InChI is InChI=1S/C13H13BrN2O2/c1-8(11-6-10(17)3-4-12(11)18)16-9-2-5-13(14)15-7-9/h2-8,16-18H,1H3. The first-order chi connectivity index (χ1) is 8.56. The van der Waals surface area contributed by atoms with E-state index in [1.165, 1.54) is 12.1 Å². The summed E-state index contributed by atoms with van der Waals surface area (Å²) in [5.41, 5.74) is 1.48. The van der Waals surface area contributed by atoms with E-state index in [9.17, 15) is 10.2 Å². The van der Waals surface area contributed by atoms with Crippen LogP contribution in [0.4, 0.5) is 5.69 Å². The highest BCUT2D eigenvalue weighted by Gasteiger charge is 2.11. The first-order valence-corrected chi connectivity index (χ1v) is 6.25. The molecule has 1 unspecified atom stereocenters. The summed E-state index contributed by atoms with van der Waals surface area (Å²) in [6.07, 6.45) is 1.69. The third-order valence-electron chi connectivity index (χ3n) is 2.59. The van der Waals surface area contributed by atoms with Gasteiger partial charge in [-0.3, -0.25) is 0 Å². The Balaban J connectivity index is 2.18. The summed E-state index contributed by atoms with van der Waals surface area (Å²) in [4.78, 5) is 4.11. The van der Waals surface area contributed by atoms with Crippen molar-refractivity contribution >= 4 is 21.6 Å². The molecule has 1 atom stereocenters. The number of benzene rings is 1. The van der Waals surface area contributed by atoms with Crippen LogP contribution in [0.5, 0.6) is 11.5 Å². The van der Waals surface area contributed by atoms with Crippen LogP contribution in [0.2, 0.25) is 0 Å². The molecule has 0 bridgehead atoms. The smallest absolute Gasteiger partial charge is 0.121 e. The molecule has 18 heavy (non-hydrogen) atoms. The SMILES string of the molecule is CC(Nc1ccc(Br)nc1)c1cc(O)ccc1O. The fourth-order valence-electron chi connectivity index (χ4n) is 1.68. The largest absolute Gasteiger partial charge is 0.508 e. The van der Waals surface area contributed by atoms with Crippen molar-refractivity contribution in [1.29, 1.82) is 0 Å². The fraction of sp³-hybridized carbons (Fsp3) is 0.154. The molecule has 0 radical (unpaired) electrons. The van der Waals surface area contributed by atoms with Gasteiger partial charge < -0.3 is 15.5 Å². The molecule has 4 nitrogen and oxygen atoms in total. The maximum atomic E-state index is 9.75. The first-order valence-electron chi connectivity index (χ1n) is 5.46. The van der Waals surface area contributed by atoms with Crippen LogP contribution >= 0.6 is 15.9 Å². The number of rotatable bonds is 3. The Morgan fingerprint density at radius 1 is 1.22 bits per heavy atom. The lowest BCUT2D eigenvalue weighted by molar-refractivity contribution is 0.451. The number of nitrogens with one attached hydrogen (secondary N) is 1. The minimum atomic E-state index is -0.139. The van der Waals surface area contributed by atoms with Crippen LogP contribution in [0, 0.1) is 0 Å². The van der Waals surface area contributed by atoms with Gasteiger partial charge >= 0.3 is 0 Å². The van der Waals surface area contributed by atoms with Crippen molar-refractivity contribution in [2.45, 2.75) is 13.0 Å². The monoisotopic (exact) mass is 308 g/mol. The van der Waals surface area contributed by atoms with Crippen LogP contribution in [0.15, 0.2) is 41.1 Å². The topological polar surface area (TPSA) is 65.4 Å². The van der Waals surface area contributed by atoms with Gasteiger partial charge in [0.05, 0.1) is 17.9 Å². The Bertz CT molecular complexity index is 543. The van der Waals surface area contributed by atoms with Crippen molar-refractivity contribution in [3.8, 4) is 11.5 Å². The summed E-state index contributed by atoms with van der Waals surface area (Å²) in [7, 11) is 0. The van der Waals surface area contributed by atoms with E-state index in [1.54, 1.807) is 12.3 Å². The third kappa shape index (κ3) is 2.92. The van der Waals surface area contributed by atoms with Crippen LogP contribution in [-0.2, 0) is 0 Å². The molecule has 0 aliphatic rings. The average molecular weight is 309 g/mol. The number of hydrogen-bond donors (Lipinski definition) is 3. The van der Waals surface area contributed by atoms with Crippen LogP contribution in [0.3, 0.4) is 0 Å². The van der Waals surface area contributed by atoms with E-state index in [4.69, 9.17) is 0 Å². The molecule has 0 fully saturated rings. The summed E-state index contributed by atoms with van der Waals surface area (Å²) < 4.78 is 0.765. The van der Waals surface area contributed by atoms with Crippen LogP contribution in [0.25, 0.3) is 0 Å². The number of aromatic nitrogens is 1. The highest BCUT2D eigenvalue weighted by molar-refractivity contribution is 9.10. The normalized spacial score (nSPS) is 12.1. The molecule has 2 rings (SSSR count). The summed E-state index contributed by atoms with van der Waals surface area (Å²) in [6, 6.07) is 8.04. The second-order valence-corrected chi connectivity index (χ2v) is 4.79. The molecule has 0 aliphatic heterocycles. The molecular weight excluding hydrogens is 296 g/mol. The molecule has 0 aliphatic carbocycles. The number of phenols is 2. The van der Waals surface area contributed by atoms with Crippen molar-refractivity contribution in [2.75, 3.05) is 5.32 Å². The molecule has 3 N–H and O–H groups in total. The quantitative estimate of drug-likeness (QED) is 0.600. The second-order valence-electron chi connectivity index (χ2n) is 3.98. The lowest BCUT2D eigenvalue weighted by atomic mass is 10.1. The molecule has 0 amide bonds. The van der Waals surface area contributed by atoms with E-state index in [0.717, 1.165) is 10.3 Å². The number of phenolic OH excluding ortho intramolecular Hbond substituents is 2. The minimum absolute atomic E-state index is 0.130. The van der Waals surface area contributed by atoms with Gasteiger partial charge in [-0.1, -0.05) is 0 Å². The Morgan fingerprint density at radius 2 is 2.00 bits per heavy atom. The summed E-state index contributed by atoms with van der Waals surface area (Å²) in [6.45, 7) is 1.90. The molecule has 1 aromatic carbocycles. The Morgan fingerprint density at radius 3 is 2.67 bits per heavy atom. The van der Waals surface area contributed by atoms with Crippen LogP contribution < -0.4 is 5.32 Å². The van der Waals surface area contributed by atoms with Gasteiger partial charge in [-0.05, 0) is 53.2 Å². The predicted octanol–water partition coefficient (Wildman–Crippen LogP) is 3.43. The number of nitrogens with zero attached hydrogens (tertiary/aromatic N) is 1. The zero-order valence-corrected chi connectivity index (χ0v) is 11.3. The lowest BCUT2D eigenvalue weighted by Crippen LogP contribution is -2.07. The van der Waals surface area contributed by atoms with Gasteiger partial charge in [0.2, 0.25) is 0 Å². The van der Waals surface area contributed by atoms with Gasteiger partial charge in [0, 0.05) is 5.56 Å². The number of anilines is 1. The summed E-state index contributed by atoms with van der Waals surface area (Å²) in [5, 5.41) is 22.4. The highest BCUT2D eigenvalue weighted by Crippen LogP contribution is 2.29. The van der Waals surface area contributed by atoms with Gasteiger partial charge in [0.25, 0.3) is 0 Å². The summed E-state index contributed by atoms with van der Waals surface area (Å²) in [5.74, 6) is 0.281. The minimum Gasteiger partial charge on any atom is -0.508 e. The Hall–Kier alpha value is -1.75. The lowest BCUT2D eigenvalue weighted by Gasteiger charge is -2.16. The predicted molar refractivity (Wildman–Crippen MR) is 73.7 cm³/mol. The number of hydrogen-bond acceptors (Lipinski definition) is 4. The molecule has 0 spiro atoms. The van der Waals surface area contributed by atoms with E-state index >= 15 is 0 Å². The van der Waals surface area contributed by atoms with Crippen molar-refractivity contribution in [2.24, 2.45) is 0 Å². The van der Waals surface area contributed by atoms with Crippen LogP contribution in [0.1, 0.15) is 18.5 Å². The Labute approximate surface area is 113 Å². The number of aromatic hydroxyl groups is 2. The molecule has 0 saturated heterocycles. The van der Waals surface area contributed by atoms with Gasteiger partial charge in [0.15, 0.2) is 0 Å². The highest BCUT2D eigenvalue weighted by atomic mass is 79.9. The number of pyridine rings is 1. The van der Waals surface area contributed by atoms with Gasteiger partial charge in [-0.15, -0.1) is 0 Å². The first kappa shape index (κ1) is 12.7. The van der Waals surface area contributed by atoms with E-state index in [1.807, 2.05) is 19.1 Å². The maximum Gasteiger partial charge on any atom is 0.121 e. The van der Waals surface area contributed by atoms with Crippen molar-refractivity contribution in [3.05, 3.63) is 46.7 Å².